The fourth-order valence-corrected chi connectivity index (χ4v) is 2.26. The molecule has 18 heavy (non-hydrogen) atoms. The number of hydrogen-bond donors (Lipinski definition) is 1. The van der Waals surface area contributed by atoms with Crippen LogP contribution in [-0.2, 0) is 13.1 Å². The Morgan fingerprint density at radius 2 is 1.78 bits per heavy atom. The van der Waals surface area contributed by atoms with Gasteiger partial charge in [-0.15, -0.1) is 0 Å². The number of benzene rings is 1. The molecular weight excluding hydrogens is 290 g/mol. The molecular formula is C14H16BrN3. The summed E-state index contributed by atoms with van der Waals surface area (Å²) in [5.41, 5.74) is 9.06. The van der Waals surface area contributed by atoms with Crippen LogP contribution in [0.4, 0.5) is 5.69 Å². The number of nitrogen functional groups attached to an aromatic ring is 1. The van der Waals surface area contributed by atoms with Crippen LogP contribution in [-0.4, -0.2) is 16.9 Å². The first kappa shape index (κ1) is 13.1. The fraction of sp³-hybridized carbons (Fsp3) is 0.214. The highest BCUT2D eigenvalue weighted by Gasteiger charge is 2.03. The van der Waals surface area contributed by atoms with E-state index in [-0.39, 0.29) is 0 Å². The Balaban J connectivity index is 1.99. The van der Waals surface area contributed by atoms with E-state index in [1.165, 1.54) is 11.1 Å². The number of aromatic nitrogens is 1. The van der Waals surface area contributed by atoms with Crippen LogP contribution in [0.1, 0.15) is 11.1 Å². The van der Waals surface area contributed by atoms with E-state index in [1.54, 1.807) is 0 Å². The molecule has 0 saturated carbocycles. The number of halogens is 1. The molecule has 1 aromatic carbocycles. The molecule has 0 atom stereocenters. The quantitative estimate of drug-likeness (QED) is 0.883. The molecule has 4 heteroatoms. The van der Waals surface area contributed by atoms with Crippen molar-refractivity contribution in [3.8, 4) is 0 Å². The Hall–Kier alpha value is -1.39. The lowest BCUT2D eigenvalue weighted by atomic mass is 10.2. The molecule has 0 bridgehead atoms. The Morgan fingerprint density at radius 1 is 1.11 bits per heavy atom. The molecule has 94 valence electrons. The second-order valence-corrected chi connectivity index (χ2v) is 5.24. The van der Waals surface area contributed by atoms with Gasteiger partial charge in [0.15, 0.2) is 0 Å². The summed E-state index contributed by atoms with van der Waals surface area (Å²) in [5, 5.41) is 0. The maximum Gasteiger partial charge on any atom is 0.0458 e. The predicted molar refractivity (Wildman–Crippen MR) is 78.0 cm³/mol. The van der Waals surface area contributed by atoms with Gasteiger partial charge in [-0.1, -0.05) is 6.07 Å². The van der Waals surface area contributed by atoms with E-state index >= 15 is 0 Å². The van der Waals surface area contributed by atoms with Crippen LogP contribution < -0.4 is 5.73 Å². The van der Waals surface area contributed by atoms with Crippen molar-refractivity contribution in [2.45, 2.75) is 13.1 Å². The molecule has 0 radical (unpaired) electrons. The first-order chi connectivity index (χ1) is 8.65. The largest absolute Gasteiger partial charge is 0.398 e. The molecule has 0 aliphatic rings. The molecule has 2 rings (SSSR count). The lowest BCUT2D eigenvalue weighted by Crippen LogP contribution is -2.17. The number of nitrogens with two attached hydrogens (primary N) is 1. The van der Waals surface area contributed by atoms with Crippen LogP contribution in [0.2, 0.25) is 0 Å². The van der Waals surface area contributed by atoms with Crippen LogP contribution in [0.15, 0.2) is 47.2 Å². The van der Waals surface area contributed by atoms with Gasteiger partial charge in [0.1, 0.15) is 0 Å². The third-order valence-electron chi connectivity index (χ3n) is 2.72. The minimum absolute atomic E-state index is 0.774. The van der Waals surface area contributed by atoms with Crippen molar-refractivity contribution in [1.82, 2.24) is 9.88 Å². The second-order valence-electron chi connectivity index (χ2n) is 4.38. The molecule has 0 spiro atoms. The number of rotatable bonds is 4. The Bertz CT molecular complexity index is 514. The summed E-state index contributed by atoms with van der Waals surface area (Å²) in [4.78, 5) is 6.28. The molecule has 0 unspecified atom stereocenters. The van der Waals surface area contributed by atoms with Gasteiger partial charge in [-0.2, -0.15) is 0 Å². The van der Waals surface area contributed by atoms with Crippen molar-refractivity contribution in [2.24, 2.45) is 0 Å². The standard InChI is InChI=1S/C14H16BrN3/c1-18(9-11-4-6-17-7-5-11)10-12-2-3-14(16)13(15)8-12/h2-8H,9-10,16H2,1H3. The van der Waals surface area contributed by atoms with E-state index < -0.39 is 0 Å². The van der Waals surface area contributed by atoms with Crippen molar-refractivity contribution < 1.29 is 0 Å². The van der Waals surface area contributed by atoms with Gasteiger partial charge >= 0.3 is 0 Å². The molecule has 1 heterocycles. The van der Waals surface area contributed by atoms with Gasteiger partial charge in [0, 0.05) is 35.6 Å². The normalized spacial score (nSPS) is 10.8. The number of nitrogens with zero attached hydrogens (tertiary/aromatic N) is 2. The highest BCUT2D eigenvalue weighted by molar-refractivity contribution is 9.10. The molecule has 3 nitrogen and oxygen atoms in total. The van der Waals surface area contributed by atoms with E-state index in [0.717, 1.165) is 23.2 Å². The third-order valence-corrected chi connectivity index (χ3v) is 3.41. The lowest BCUT2D eigenvalue weighted by Gasteiger charge is -2.17. The molecule has 0 aliphatic carbocycles. The summed E-state index contributed by atoms with van der Waals surface area (Å²) >= 11 is 3.45. The van der Waals surface area contributed by atoms with Crippen molar-refractivity contribution >= 4 is 21.6 Å². The SMILES string of the molecule is CN(Cc1ccncc1)Cc1ccc(N)c(Br)c1. The van der Waals surface area contributed by atoms with Crippen LogP contribution in [0.25, 0.3) is 0 Å². The van der Waals surface area contributed by atoms with Gasteiger partial charge in [-0.25, -0.2) is 0 Å². The summed E-state index contributed by atoms with van der Waals surface area (Å²) in [5.74, 6) is 0. The molecule has 1 aromatic heterocycles. The van der Waals surface area contributed by atoms with Crippen molar-refractivity contribution in [2.75, 3.05) is 12.8 Å². The molecule has 0 fully saturated rings. The Morgan fingerprint density at radius 3 is 2.44 bits per heavy atom. The van der Waals surface area contributed by atoms with E-state index in [0.29, 0.717) is 0 Å². The number of pyridine rings is 1. The minimum atomic E-state index is 0.774. The zero-order chi connectivity index (χ0) is 13.0. The first-order valence-corrected chi connectivity index (χ1v) is 6.56. The first-order valence-electron chi connectivity index (χ1n) is 5.76. The van der Waals surface area contributed by atoms with Gasteiger partial charge in [-0.05, 0) is 58.4 Å². The zero-order valence-corrected chi connectivity index (χ0v) is 11.9. The average Bonchev–Trinajstić information content (AvgIpc) is 2.35. The Kier molecular flexibility index (Phi) is 4.33. The lowest BCUT2D eigenvalue weighted by molar-refractivity contribution is 0.319. The smallest absolute Gasteiger partial charge is 0.0458 e. The van der Waals surface area contributed by atoms with E-state index in [9.17, 15) is 0 Å². The van der Waals surface area contributed by atoms with E-state index in [2.05, 4.69) is 45.0 Å². The van der Waals surface area contributed by atoms with Crippen LogP contribution >= 0.6 is 15.9 Å². The highest BCUT2D eigenvalue weighted by atomic mass is 79.9. The van der Waals surface area contributed by atoms with Crippen LogP contribution in [0.3, 0.4) is 0 Å². The predicted octanol–water partition coefficient (Wildman–Crippen LogP) is 3.06. The van der Waals surface area contributed by atoms with Gasteiger partial charge < -0.3 is 5.73 Å². The van der Waals surface area contributed by atoms with E-state index in [1.807, 2.05) is 30.6 Å². The summed E-state index contributed by atoms with van der Waals surface area (Å²) in [6, 6.07) is 10.1. The van der Waals surface area contributed by atoms with Gasteiger partial charge in [0.05, 0.1) is 0 Å². The summed E-state index contributed by atoms with van der Waals surface area (Å²) in [6.45, 7) is 1.80. The second kappa shape index (κ2) is 5.98. The van der Waals surface area contributed by atoms with Gasteiger partial charge in [-0.3, -0.25) is 9.88 Å². The summed E-state index contributed by atoms with van der Waals surface area (Å²) < 4.78 is 0.956. The van der Waals surface area contributed by atoms with Crippen LogP contribution in [0, 0.1) is 0 Å². The maximum absolute atomic E-state index is 5.78. The van der Waals surface area contributed by atoms with Gasteiger partial charge in [0.2, 0.25) is 0 Å². The maximum atomic E-state index is 5.78. The van der Waals surface area contributed by atoms with Crippen molar-refractivity contribution in [3.05, 3.63) is 58.3 Å². The van der Waals surface area contributed by atoms with Crippen molar-refractivity contribution in [1.29, 1.82) is 0 Å². The zero-order valence-electron chi connectivity index (χ0n) is 10.3. The number of hydrogen-bond acceptors (Lipinski definition) is 3. The van der Waals surface area contributed by atoms with Crippen LogP contribution in [0.5, 0.6) is 0 Å². The molecule has 2 aromatic rings. The average molecular weight is 306 g/mol. The van der Waals surface area contributed by atoms with Gasteiger partial charge in [0.25, 0.3) is 0 Å². The third kappa shape index (κ3) is 3.55. The molecule has 0 aliphatic heterocycles. The fourth-order valence-electron chi connectivity index (χ4n) is 1.84. The van der Waals surface area contributed by atoms with E-state index in [4.69, 9.17) is 5.73 Å². The number of anilines is 1. The molecule has 0 amide bonds. The highest BCUT2D eigenvalue weighted by Crippen LogP contribution is 2.21. The van der Waals surface area contributed by atoms with Crippen molar-refractivity contribution in [3.63, 3.8) is 0 Å². The minimum Gasteiger partial charge on any atom is -0.398 e. The molecule has 0 saturated heterocycles. The topological polar surface area (TPSA) is 42.2 Å². The summed E-state index contributed by atoms with van der Waals surface area (Å²) in [6.07, 6.45) is 3.64. The Labute approximate surface area is 116 Å². The molecule has 2 N–H and O–H groups in total. The monoisotopic (exact) mass is 305 g/mol. The summed E-state index contributed by atoms with van der Waals surface area (Å²) in [7, 11) is 2.10.